The van der Waals surface area contributed by atoms with Crippen molar-refractivity contribution >= 4 is 17.3 Å². The van der Waals surface area contributed by atoms with Gasteiger partial charge in [-0.3, -0.25) is 4.79 Å². The highest BCUT2D eigenvalue weighted by atomic mass is 19.1. The Morgan fingerprint density at radius 1 is 0.971 bits per heavy atom. The van der Waals surface area contributed by atoms with E-state index in [1.165, 1.54) is 63.0 Å². The van der Waals surface area contributed by atoms with Crippen molar-refractivity contribution in [1.82, 2.24) is 5.32 Å². The molecule has 1 amide bonds. The number of amides is 1. The van der Waals surface area contributed by atoms with Crippen molar-refractivity contribution in [2.24, 2.45) is 11.8 Å². The van der Waals surface area contributed by atoms with E-state index in [-0.39, 0.29) is 11.7 Å². The van der Waals surface area contributed by atoms with Gasteiger partial charge in [0.15, 0.2) is 0 Å². The van der Waals surface area contributed by atoms with Gasteiger partial charge in [0.05, 0.1) is 0 Å². The number of hydrogen-bond donors (Lipinski definition) is 3. The molecule has 2 heterocycles. The molecule has 2 aromatic rings. The minimum absolute atomic E-state index is 0.118. The predicted octanol–water partition coefficient (Wildman–Crippen LogP) is 6.51. The number of carbonyl (C=O) groups is 1. The zero-order valence-electron chi connectivity index (χ0n) is 20.3. The van der Waals surface area contributed by atoms with Crippen molar-refractivity contribution in [2.75, 3.05) is 17.2 Å². The molecule has 3 N–H and O–H groups in total. The number of carbonyl (C=O) groups excluding carboxylic acids is 1. The van der Waals surface area contributed by atoms with E-state index >= 15 is 0 Å². The molecule has 0 bridgehead atoms. The standard InChI is InChI=1S/C29H38FN3O/c1-19-12-14-25(30)24-17-27(33-28(19)24)29(34)32-23-11-7-10-21(16-23)26-15-13-22(18-31-26)20-8-5-3-2-4-6-9-20/h7,10-12,14,16,20,22,26-27,31,33H,2-6,8-9,13,15,17-18H2,1H3,(H,32,34). The second kappa shape index (κ2) is 10.5. The fourth-order valence-electron chi connectivity index (χ4n) is 6.31. The quantitative estimate of drug-likeness (QED) is 0.484. The second-order valence-electron chi connectivity index (χ2n) is 10.6. The SMILES string of the molecule is Cc1ccc(F)c2c1NC(C(=O)Nc1cccc(C3CCC(C4CCCCCCC4)CN3)c1)C2. The molecule has 3 unspecified atom stereocenters. The summed E-state index contributed by atoms with van der Waals surface area (Å²) in [5, 5.41) is 10.1. The molecule has 1 saturated heterocycles. The van der Waals surface area contributed by atoms with E-state index in [0.717, 1.165) is 41.7 Å². The summed E-state index contributed by atoms with van der Waals surface area (Å²) in [4.78, 5) is 13.0. The van der Waals surface area contributed by atoms with Gasteiger partial charge in [0.2, 0.25) is 5.91 Å². The average Bonchev–Trinajstić information content (AvgIpc) is 3.29. The zero-order chi connectivity index (χ0) is 23.5. The van der Waals surface area contributed by atoms with Gasteiger partial charge in [0.25, 0.3) is 0 Å². The van der Waals surface area contributed by atoms with Gasteiger partial charge in [-0.15, -0.1) is 0 Å². The Morgan fingerprint density at radius 2 is 1.76 bits per heavy atom. The summed E-state index contributed by atoms with van der Waals surface area (Å²) in [5.41, 5.74) is 4.38. The molecule has 0 spiro atoms. The van der Waals surface area contributed by atoms with Gasteiger partial charge in [-0.1, -0.05) is 63.1 Å². The molecule has 5 rings (SSSR count). The molecule has 2 fully saturated rings. The smallest absolute Gasteiger partial charge is 0.247 e. The lowest BCUT2D eigenvalue weighted by atomic mass is 9.77. The van der Waals surface area contributed by atoms with E-state index in [1.54, 1.807) is 6.07 Å². The maximum absolute atomic E-state index is 14.2. The van der Waals surface area contributed by atoms with Gasteiger partial charge in [0, 0.05) is 29.4 Å². The third-order valence-corrected chi connectivity index (χ3v) is 8.33. The monoisotopic (exact) mass is 463 g/mol. The van der Waals surface area contributed by atoms with Gasteiger partial charge in [-0.2, -0.15) is 0 Å². The molecule has 1 aliphatic carbocycles. The van der Waals surface area contributed by atoms with Crippen LogP contribution in [0.4, 0.5) is 15.8 Å². The number of benzene rings is 2. The summed E-state index contributed by atoms with van der Waals surface area (Å²) in [6.07, 6.45) is 12.7. The van der Waals surface area contributed by atoms with Crippen LogP contribution in [0.1, 0.15) is 80.5 Å². The summed E-state index contributed by atoms with van der Waals surface area (Å²) in [6, 6.07) is 11.3. The zero-order valence-corrected chi connectivity index (χ0v) is 20.3. The van der Waals surface area contributed by atoms with E-state index in [4.69, 9.17) is 0 Å². The molecule has 0 radical (unpaired) electrons. The van der Waals surface area contributed by atoms with Crippen LogP contribution >= 0.6 is 0 Å². The van der Waals surface area contributed by atoms with Crippen LogP contribution in [0.25, 0.3) is 0 Å². The number of hydrogen-bond acceptors (Lipinski definition) is 3. The maximum Gasteiger partial charge on any atom is 0.247 e. The van der Waals surface area contributed by atoms with E-state index in [9.17, 15) is 9.18 Å². The average molecular weight is 464 g/mol. The van der Waals surface area contributed by atoms with Gasteiger partial charge in [0.1, 0.15) is 11.9 Å². The highest BCUT2D eigenvalue weighted by molar-refractivity contribution is 5.98. The summed E-state index contributed by atoms with van der Waals surface area (Å²) in [5.74, 6) is 1.33. The topological polar surface area (TPSA) is 53.2 Å². The Balaban J connectivity index is 1.17. The highest BCUT2D eigenvalue weighted by Crippen LogP contribution is 2.36. The molecule has 3 aliphatic rings. The largest absolute Gasteiger partial charge is 0.373 e. The van der Waals surface area contributed by atoms with Crippen LogP contribution in [0.15, 0.2) is 36.4 Å². The van der Waals surface area contributed by atoms with E-state index in [0.29, 0.717) is 18.0 Å². The fourth-order valence-corrected chi connectivity index (χ4v) is 6.31. The minimum atomic E-state index is -0.452. The molecule has 3 atom stereocenters. The Morgan fingerprint density at radius 3 is 2.50 bits per heavy atom. The Bertz CT molecular complexity index is 975. The molecule has 5 heteroatoms. The number of anilines is 2. The third-order valence-electron chi connectivity index (χ3n) is 8.33. The first-order valence-electron chi connectivity index (χ1n) is 13.3. The van der Waals surface area contributed by atoms with Gasteiger partial charge in [-0.05, 0) is 67.5 Å². The molecule has 182 valence electrons. The summed E-state index contributed by atoms with van der Waals surface area (Å²) < 4.78 is 14.2. The molecular weight excluding hydrogens is 425 g/mol. The van der Waals surface area contributed by atoms with Gasteiger partial charge in [-0.25, -0.2) is 4.39 Å². The van der Waals surface area contributed by atoms with Crippen molar-refractivity contribution in [2.45, 2.75) is 83.2 Å². The first-order valence-corrected chi connectivity index (χ1v) is 13.3. The second-order valence-corrected chi connectivity index (χ2v) is 10.6. The molecule has 4 nitrogen and oxygen atoms in total. The van der Waals surface area contributed by atoms with E-state index in [1.807, 2.05) is 19.1 Å². The lowest BCUT2D eigenvalue weighted by Crippen LogP contribution is -2.37. The highest BCUT2D eigenvalue weighted by Gasteiger charge is 2.31. The lowest BCUT2D eigenvalue weighted by Gasteiger charge is -2.36. The molecule has 2 aliphatic heterocycles. The van der Waals surface area contributed by atoms with Crippen molar-refractivity contribution in [3.63, 3.8) is 0 Å². The normalized spacial score (nSPS) is 25.6. The number of rotatable bonds is 4. The van der Waals surface area contributed by atoms with E-state index in [2.05, 4.69) is 28.1 Å². The van der Waals surface area contributed by atoms with Gasteiger partial charge >= 0.3 is 0 Å². The van der Waals surface area contributed by atoms with Crippen LogP contribution in [0.5, 0.6) is 0 Å². The number of fused-ring (bicyclic) bond motifs is 1. The molecule has 1 saturated carbocycles. The minimum Gasteiger partial charge on any atom is -0.373 e. The first kappa shape index (κ1) is 23.3. The number of halogens is 1. The van der Waals surface area contributed by atoms with Crippen molar-refractivity contribution in [3.05, 3.63) is 58.9 Å². The molecular formula is C29H38FN3O. The van der Waals surface area contributed by atoms with Crippen molar-refractivity contribution < 1.29 is 9.18 Å². The van der Waals surface area contributed by atoms with Crippen LogP contribution in [-0.4, -0.2) is 18.5 Å². The number of piperidine rings is 1. The van der Waals surface area contributed by atoms with Crippen LogP contribution in [0.2, 0.25) is 0 Å². The van der Waals surface area contributed by atoms with Crippen LogP contribution in [0.3, 0.4) is 0 Å². The van der Waals surface area contributed by atoms with E-state index < -0.39 is 6.04 Å². The van der Waals surface area contributed by atoms with Crippen LogP contribution < -0.4 is 16.0 Å². The van der Waals surface area contributed by atoms with Gasteiger partial charge < -0.3 is 16.0 Å². The van der Waals surface area contributed by atoms with Crippen LogP contribution in [0, 0.1) is 24.6 Å². The lowest BCUT2D eigenvalue weighted by molar-refractivity contribution is -0.116. The summed E-state index contributed by atoms with van der Waals surface area (Å²) in [6.45, 7) is 3.04. The molecule has 2 aromatic carbocycles. The fraction of sp³-hybridized carbons (Fsp3) is 0.552. The van der Waals surface area contributed by atoms with Crippen LogP contribution in [-0.2, 0) is 11.2 Å². The number of aryl methyl sites for hydroxylation is 1. The Labute approximate surface area is 203 Å². The molecule has 0 aromatic heterocycles. The van der Waals surface area contributed by atoms with Crippen molar-refractivity contribution in [3.8, 4) is 0 Å². The predicted molar refractivity (Wildman–Crippen MR) is 137 cm³/mol. The summed E-state index contributed by atoms with van der Waals surface area (Å²) in [7, 11) is 0. The molecule has 34 heavy (non-hydrogen) atoms. The Kier molecular flexibility index (Phi) is 7.19. The third kappa shape index (κ3) is 5.14. The Hall–Kier alpha value is -2.40. The maximum atomic E-state index is 14.2. The van der Waals surface area contributed by atoms with Crippen molar-refractivity contribution in [1.29, 1.82) is 0 Å². The first-order chi connectivity index (χ1) is 16.6. The number of nitrogens with one attached hydrogen (secondary N) is 3. The summed E-state index contributed by atoms with van der Waals surface area (Å²) >= 11 is 0.